The largest absolute Gasteiger partial charge is 0.389 e. The van der Waals surface area contributed by atoms with Crippen molar-refractivity contribution in [3.63, 3.8) is 0 Å². The van der Waals surface area contributed by atoms with Crippen molar-refractivity contribution in [3.05, 3.63) is 10.1 Å². The minimum atomic E-state index is -1.10. The van der Waals surface area contributed by atoms with Crippen molar-refractivity contribution in [1.82, 2.24) is 4.90 Å². The van der Waals surface area contributed by atoms with E-state index in [1.165, 1.54) is 0 Å². The second-order valence-corrected chi connectivity index (χ2v) is 4.67. The molecule has 0 saturated carbocycles. The molecular weight excluding hydrogens is 172 g/mol. The molecule has 0 unspecified atom stereocenters. The van der Waals surface area contributed by atoms with Crippen LogP contribution >= 0.6 is 0 Å². The van der Waals surface area contributed by atoms with Crippen LogP contribution in [-0.2, 0) is 0 Å². The first-order valence-corrected chi connectivity index (χ1v) is 4.32. The Labute approximate surface area is 77.5 Å². The van der Waals surface area contributed by atoms with Crippen LogP contribution in [0.3, 0.4) is 0 Å². The highest BCUT2D eigenvalue weighted by molar-refractivity contribution is 5.00. The van der Waals surface area contributed by atoms with Crippen LogP contribution in [0.2, 0.25) is 0 Å². The van der Waals surface area contributed by atoms with Gasteiger partial charge in [-0.25, -0.2) is 0 Å². The van der Waals surface area contributed by atoms with Crippen LogP contribution in [0.25, 0.3) is 0 Å². The van der Waals surface area contributed by atoms with Gasteiger partial charge in [-0.05, 0) is 20.8 Å². The number of rotatable bonds is 2. The molecule has 0 aromatic rings. The van der Waals surface area contributed by atoms with Crippen LogP contribution in [-0.4, -0.2) is 45.7 Å². The van der Waals surface area contributed by atoms with E-state index in [0.717, 1.165) is 0 Å². The third-order valence-corrected chi connectivity index (χ3v) is 2.60. The minimum absolute atomic E-state index is 0.0469. The van der Waals surface area contributed by atoms with Crippen molar-refractivity contribution in [2.75, 3.05) is 19.7 Å². The zero-order chi connectivity index (χ0) is 10.3. The molecule has 1 rings (SSSR count). The second kappa shape index (κ2) is 2.92. The van der Waals surface area contributed by atoms with Crippen LogP contribution in [0.1, 0.15) is 20.8 Å². The summed E-state index contributed by atoms with van der Waals surface area (Å²) in [5.74, 6) is 0. The molecule has 0 aromatic carbocycles. The van der Waals surface area contributed by atoms with E-state index in [9.17, 15) is 10.1 Å². The van der Waals surface area contributed by atoms with Gasteiger partial charge in [0.1, 0.15) is 6.61 Å². The van der Waals surface area contributed by atoms with E-state index in [4.69, 9.17) is 5.11 Å². The zero-order valence-electron chi connectivity index (χ0n) is 8.28. The van der Waals surface area contributed by atoms with Crippen molar-refractivity contribution in [3.8, 4) is 0 Å². The van der Waals surface area contributed by atoms with Crippen LogP contribution in [0.5, 0.6) is 0 Å². The lowest BCUT2D eigenvalue weighted by molar-refractivity contribution is -0.594. The molecule has 0 spiro atoms. The molecule has 76 valence electrons. The quantitative estimate of drug-likeness (QED) is 0.493. The molecule has 1 aliphatic rings. The average molecular weight is 188 g/mol. The van der Waals surface area contributed by atoms with Crippen molar-refractivity contribution in [1.29, 1.82) is 0 Å². The molecule has 0 amide bonds. The number of nitro groups is 1. The molecule has 5 heteroatoms. The number of hydrogen-bond acceptors (Lipinski definition) is 4. The summed E-state index contributed by atoms with van der Waals surface area (Å²) in [7, 11) is 0. The smallest absolute Gasteiger partial charge is 0.269 e. The van der Waals surface area contributed by atoms with E-state index in [0.29, 0.717) is 13.1 Å². The van der Waals surface area contributed by atoms with Crippen molar-refractivity contribution >= 4 is 0 Å². The number of nitrogens with zero attached hydrogens (tertiary/aromatic N) is 2. The number of hydrogen-bond donors (Lipinski definition) is 1. The van der Waals surface area contributed by atoms with Gasteiger partial charge in [0, 0.05) is 10.5 Å². The van der Waals surface area contributed by atoms with E-state index in [-0.39, 0.29) is 17.1 Å². The number of aliphatic hydroxyl groups excluding tert-OH is 1. The van der Waals surface area contributed by atoms with Gasteiger partial charge in [0.05, 0.1) is 13.1 Å². The molecule has 0 aromatic heterocycles. The van der Waals surface area contributed by atoms with E-state index < -0.39 is 5.54 Å². The average Bonchev–Trinajstić information content (AvgIpc) is 1.81. The first-order valence-electron chi connectivity index (χ1n) is 4.32. The van der Waals surface area contributed by atoms with Gasteiger partial charge in [0.25, 0.3) is 5.54 Å². The van der Waals surface area contributed by atoms with Crippen LogP contribution in [0.4, 0.5) is 0 Å². The van der Waals surface area contributed by atoms with Crippen LogP contribution in [0.15, 0.2) is 0 Å². The Morgan fingerprint density at radius 2 is 2.00 bits per heavy atom. The fraction of sp³-hybridized carbons (Fsp3) is 1.00. The highest BCUT2D eigenvalue weighted by Crippen LogP contribution is 2.30. The molecule has 1 N–H and O–H groups in total. The SMILES string of the molecule is CC(C)(C)N1CC(CO)([N+](=O)[O-])C1. The minimum Gasteiger partial charge on any atom is -0.389 e. The molecule has 1 saturated heterocycles. The zero-order valence-corrected chi connectivity index (χ0v) is 8.28. The molecule has 0 aliphatic carbocycles. The summed E-state index contributed by atoms with van der Waals surface area (Å²) in [5, 5.41) is 19.5. The van der Waals surface area contributed by atoms with E-state index in [1.807, 2.05) is 25.7 Å². The predicted octanol–water partition coefficient (Wildman–Crippen LogP) is 0.108. The molecule has 1 aliphatic heterocycles. The summed E-state index contributed by atoms with van der Waals surface area (Å²) < 4.78 is 0. The van der Waals surface area contributed by atoms with Gasteiger partial charge in [-0.15, -0.1) is 0 Å². The summed E-state index contributed by atoms with van der Waals surface area (Å²) >= 11 is 0. The summed E-state index contributed by atoms with van der Waals surface area (Å²) in [4.78, 5) is 12.3. The molecule has 0 bridgehead atoms. The van der Waals surface area contributed by atoms with Crippen molar-refractivity contribution in [2.24, 2.45) is 0 Å². The van der Waals surface area contributed by atoms with E-state index in [1.54, 1.807) is 0 Å². The Morgan fingerprint density at radius 1 is 1.54 bits per heavy atom. The fourth-order valence-corrected chi connectivity index (χ4v) is 1.41. The standard InChI is InChI=1S/C8H16N2O3/c1-7(2,3)9-4-8(5-9,6-11)10(12)13/h11H,4-6H2,1-3H3. The van der Waals surface area contributed by atoms with Gasteiger partial charge in [0.2, 0.25) is 0 Å². The maximum atomic E-state index is 10.6. The number of likely N-dealkylation sites (tertiary alicyclic amines) is 1. The normalized spacial score (nSPS) is 22.5. The first kappa shape index (κ1) is 10.4. The molecule has 1 fully saturated rings. The second-order valence-electron chi connectivity index (χ2n) is 4.67. The lowest BCUT2D eigenvalue weighted by Crippen LogP contribution is -2.71. The lowest BCUT2D eigenvalue weighted by atomic mass is 9.86. The molecule has 0 radical (unpaired) electrons. The van der Waals surface area contributed by atoms with Gasteiger partial charge in [0.15, 0.2) is 0 Å². The summed E-state index contributed by atoms with van der Waals surface area (Å²) in [6.07, 6.45) is 0. The molecule has 5 nitrogen and oxygen atoms in total. The Morgan fingerprint density at radius 3 is 2.23 bits per heavy atom. The van der Waals surface area contributed by atoms with Gasteiger partial charge in [-0.3, -0.25) is 15.0 Å². The maximum Gasteiger partial charge on any atom is 0.269 e. The fourth-order valence-electron chi connectivity index (χ4n) is 1.41. The molecular formula is C8H16N2O3. The van der Waals surface area contributed by atoms with Crippen LogP contribution < -0.4 is 0 Å². The van der Waals surface area contributed by atoms with E-state index >= 15 is 0 Å². The van der Waals surface area contributed by atoms with Gasteiger partial charge in [-0.2, -0.15) is 0 Å². The molecule has 1 heterocycles. The third kappa shape index (κ3) is 1.66. The lowest BCUT2D eigenvalue weighted by Gasteiger charge is -2.49. The Balaban J connectivity index is 2.60. The maximum absolute atomic E-state index is 10.6. The monoisotopic (exact) mass is 188 g/mol. The van der Waals surface area contributed by atoms with Crippen molar-refractivity contribution in [2.45, 2.75) is 31.8 Å². The Bertz CT molecular complexity index is 216. The molecule has 0 atom stereocenters. The summed E-state index contributed by atoms with van der Waals surface area (Å²) in [5.41, 5.74) is -1.15. The Hall–Kier alpha value is -0.680. The number of aliphatic hydroxyl groups is 1. The van der Waals surface area contributed by atoms with Gasteiger partial charge < -0.3 is 5.11 Å². The van der Waals surface area contributed by atoms with Crippen molar-refractivity contribution < 1.29 is 10.0 Å². The predicted molar refractivity (Wildman–Crippen MR) is 48.1 cm³/mol. The highest BCUT2D eigenvalue weighted by atomic mass is 16.6. The van der Waals surface area contributed by atoms with Gasteiger partial charge in [-0.1, -0.05) is 0 Å². The third-order valence-electron chi connectivity index (χ3n) is 2.60. The molecule has 13 heavy (non-hydrogen) atoms. The summed E-state index contributed by atoms with van der Waals surface area (Å²) in [6.45, 7) is 6.35. The summed E-state index contributed by atoms with van der Waals surface area (Å²) in [6, 6.07) is 0. The Kier molecular flexibility index (Phi) is 2.34. The topological polar surface area (TPSA) is 66.6 Å². The van der Waals surface area contributed by atoms with Gasteiger partial charge >= 0.3 is 0 Å². The van der Waals surface area contributed by atoms with Crippen LogP contribution in [0, 0.1) is 10.1 Å². The highest BCUT2D eigenvalue weighted by Gasteiger charge is 2.56. The van der Waals surface area contributed by atoms with E-state index in [2.05, 4.69) is 0 Å². The first-order chi connectivity index (χ1) is 5.82.